The Morgan fingerprint density at radius 1 is 0.929 bits per heavy atom. The lowest BCUT2D eigenvalue weighted by Gasteiger charge is -2.19. The maximum Gasteiger partial charge on any atom is 0.133 e. The van der Waals surface area contributed by atoms with Crippen LogP contribution in [0.3, 0.4) is 0 Å². The van der Waals surface area contributed by atoms with Gasteiger partial charge in [0.05, 0.1) is 6.26 Å². The largest absolute Gasteiger partial charge is 0.508 e. The van der Waals surface area contributed by atoms with Crippen molar-refractivity contribution in [3.05, 3.63) is 95.2 Å². The Hall–Kier alpha value is -3.24. The summed E-state index contributed by atoms with van der Waals surface area (Å²) in [6.07, 6.45) is 3.38. The molecule has 0 aliphatic carbocycles. The smallest absolute Gasteiger partial charge is 0.133 e. The van der Waals surface area contributed by atoms with Crippen LogP contribution in [0.4, 0.5) is 0 Å². The second-order valence-electron chi connectivity index (χ2n) is 6.99. The van der Waals surface area contributed by atoms with Crippen LogP contribution in [-0.4, -0.2) is 16.8 Å². The summed E-state index contributed by atoms with van der Waals surface area (Å²) in [5.41, 5.74) is 5.26. The van der Waals surface area contributed by atoms with Gasteiger partial charge in [0.1, 0.15) is 17.2 Å². The fourth-order valence-electron chi connectivity index (χ4n) is 3.38. The summed E-state index contributed by atoms with van der Waals surface area (Å²) in [4.78, 5) is 0. The van der Waals surface area contributed by atoms with E-state index in [0.29, 0.717) is 12.3 Å². The van der Waals surface area contributed by atoms with Crippen molar-refractivity contribution in [1.29, 1.82) is 0 Å². The number of fused-ring (bicyclic) bond motifs is 1. The SMILES string of the molecule is Oc1ccc(C2=COc3cc(O)c(CNCCc4ccccc4)cc3C2)cc1. The first-order valence-corrected chi connectivity index (χ1v) is 9.43. The molecule has 0 spiro atoms. The van der Waals surface area contributed by atoms with E-state index in [9.17, 15) is 10.2 Å². The molecular weight excluding hydrogens is 350 g/mol. The Kier molecular flexibility index (Phi) is 5.31. The van der Waals surface area contributed by atoms with Gasteiger partial charge in [-0.1, -0.05) is 42.5 Å². The Morgan fingerprint density at radius 2 is 1.71 bits per heavy atom. The first-order valence-electron chi connectivity index (χ1n) is 9.43. The Balaban J connectivity index is 1.41. The van der Waals surface area contributed by atoms with Crippen LogP contribution in [0.1, 0.15) is 22.3 Å². The molecule has 4 heteroatoms. The molecule has 4 nitrogen and oxygen atoms in total. The van der Waals surface area contributed by atoms with Gasteiger partial charge in [-0.15, -0.1) is 0 Å². The molecule has 3 aromatic rings. The number of phenols is 2. The molecule has 0 radical (unpaired) electrons. The maximum atomic E-state index is 10.3. The average Bonchev–Trinajstić information content (AvgIpc) is 2.72. The van der Waals surface area contributed by atoms with Crippen LogP contribution in [0.25, 0.3) is 5.57 Å². The zero-order chi connectivity index (χ0) is 19.3. The zero-order valence-corrected chi connectivity index (χ0v) is 15.6. The van der Waals surface area contributed by atoms with Gasteiger partial charge in [-0.05, 0) is 53.4 Å². The molecule has 0 saturated heterocycles. The Morgan fingerprint density at radius 3 is 2.50 bits per heavy atom. The third kappa shape index (κ3) is 4.18. The first kappa shape index (κ1) is 18.1. The van der Waals surface area contributed by atoms with Gasteiger partial charge in [0.25, 0.3) is 0 Å². The van der Waals surface area contributed by atoms with Crippen LogP contribution >= 0.6 is 0 Å². The van der Waals surface area contributed by atoms with Gasteiger partial charge in [0.2, 0.25) is 0 Å². The lowest BCUT2D eigenvalue weighted by molar-refractivity contribution is 0.440. The van der Waals surface area contributed by atoms with Crippen molar-refractivity contribution in [3.63, 3.8) is 0 Å². The first-order chi connectivity index (χ1) is 13.7. The van der Waals surface area contributed by atoms with Gasteiger partial charge in [-0.25, -0.2) is 0 Å². The van der Waals surface area contributed by atoms with Crippen LogP contribution in [0, 0.1) is 0 Å². The molecular formula is C24H23NO3. The molecule has 0 atom stereocenters. The van der Waals surface area contributed by atoms with Crippen molar-refractivity contribution >= 4 is 5.57 Å². The van der Waals surface area contributed by atoms with E-state index in [1.54, 1.807) is 24.5 Å². The summed E-state index contributed by atoms with van der Waals surface area (Å²) < 4.78 is 5.74. The number of allylic oxidation sites excluding steroid dienone is 1. The maximum absolute atomic E-state index is 10.3. The predicted molar refractivity (Wildman–Crippen MR) is 110 cm³/mol. The molecule has 0 aromatic heterocycles. The number of phenolic OH excluding ortho intramolecular Hbond substituents is 2. The van der Waals surface area contributed by atoms with Crippen molar-refractivity contribution in [2.75, 3.05) is 6.54 Å². The van der Waals surface area contributed by atoms with Crippen molar-refractivity contribution in [3.8, 4) is 17.2 Å². The quantitative estimate of drug-likeness (QED) is 0.560. The highest BCUT2D eigenvalue weighted by Gasteiger charge is 2.17. The minimum atomic E-state index is 0.243. The summed E-state index contributed by atoms with van der Waals surface area (Å²) in [5, 5.41) is 23.2. The third-order valence-corrected chi connectivity index (χ3v) is 4.96. The number of ether oxygens (including phenoxy) is 1. The van der Waals surface area contributed by atoms with E-state index in [-0.39, 0.29) is 11.5 Å². The van der Waals surface area contributed by atoms with E-state index in [1.165, 1.54) is 5.56 Å². The number of rotatable bonds is 6. The highest BCUT2D eigenvalue weighted by atomic mass is 16.5. The zero-order valence-electron chi connectivity index (χ0n) is 15.6. The second kappa shape index (κ2) is 8.19. The highest BCUT2D eigenvalue weighted by Crippen LogP contribution is 2.35. The van der Waals surface area contributed by atoms with Crippen LogP contribution in [0.2, 0.25) is 0 Å². The van der Waals surface area contributed by atoms with Crippen LogP contribution < -0.4 is 10.1 Å². The number of hydrogen-bond donors (Lipinski definition) is 3. The van der Waals surface area contributed by atoms with E-state index < -0.39 is 0 Å². The highest BCUT2D eigenvalue weighted by molar-refractivity contribution is 5.71. The van der Waals surface area contributed by atoms with Gasteiger partial charge < -0.3 is 20.3 Å². The van der Waals surface area contributed by atoms with Crippen molar-refractivity contribution in [1.82, 2.24) is 5.32 Å². The van der Waals surface area contributed by atoms with Gasteiger partial charge in [-0.2, -0.15) is 0 Å². The van der Waals surface area contributed by atoms with Crippen LogP contribution in [-0.2, 0) is 19.4 Å². The van der Waals surface area contributed by atoms with Gasteiger partial charge in [0, 0.05) is 24.6 Å². The second-order valence-corrected chi connectivity index (χ2v) is 6.99. The van der Waals surface area contributed by atoms with Gasteiger partial charge >= 0.3 is 0 Å². The number of nitrogens with one attached hydrogen (secondary N) is 1. The molecule has 1 heterocycles. The van der Waals surface area contributed by atoms with Crippen LogP contribution in [0.15, 0.2) is 73.0 Å². The Bertz CT molecular complexity index is 979. The molecule has 0 saturated carbocycles. The average molecular weight is 373 g/mol. The molecule has 28 heavy (non-hydrogen) atoms. The van der Waals surface area contributed by atoms with E-state index in [0.717, 1.165) is 41.6 Å². The van der Waals surface area contributed by atoms with Crippen molar-refractivity contribution in [2.24, 2.45) is 0 Å². The van der Waals surface area contributed by atoms with Gasteiger partial charge in [0.15, 0.2) is 0 Å². The van der Waals surface area contributed by atoms with Crippen LogP contribution in [0.5, 0.6) is 17.2 Å². The van der Waals surface area contributed by atoms with E-state index in [1.807, 2.05) is 36.4 Å². The summed E-state index contributed by atoms with van der Waals surface area (Å²) in [5.74, 6) is 1.18. The molecule has 0 amide bonds. The molecule has 4 rings (SSSR count). The molecule has 0 fully saturated rings. The molecule has 1 aliphatic heterocycles. The standard InChI is InChI=1S/C24H23NO3/c26-22-8-6-18(7-9-22)21-13-19-12-20(23(27)14-24(19)28-16-21)15-25-11-10-17-4-2-1-3-5-17/h1-9,12,14,16,25-27H,10-11,13,15H2. The minimum absolute atomic E-state index is 0.243. The monoisotopic (exact) mass is 373 g/mol. The summed E-state index contributed by atoms with van der Waals surface area (Å²) in [6, 6.07) is 21.1. The lowest BCUT2D eigenvalue weighted by atomic mass is 9.95. The molecule has 142 valence electrons. The molecule has 1 aliphatic rings. The topological polar surface area (TPSA) is 61.7 Å². The van der Waals surface area contributed by atoms with Gasteiger partial charge in [-0.3, -0.25) is 0 Å². The molecule has 0 unspecified atom stereocenters. The van der Waals surface area contributed by atoms with Crippen molar-refractivity contribution in [2.45, 2.75) is 19.4 Å². The predicted octanol–water partition coefficient (Wildman–Crippen LogP) is 4.41. The molecule has 3 aromatic carbocycles. The third-order valence-electron chi connectivity index (χ3n) is 4.96. The summed E-state index contributed by atoms with van der Waals surface area (Å²) >= 11 is 0. The molecule has 0 bridgehead atoms. The van der Waals surface area contributed by atoms with E-state index >= 15 is 0 Å². The normalized spacial score (nSPS) is 12.8. The number of aromatic hydroxyl groups is 2. The lowest BCUT2D eigenvalue weighted by Crippen LogP contribution is -2.17. The number of benzene rings is 3. The summed E-state index contributed by atoms with van der Waals surface area (Å²) in [6.45, 7) is 1.44. The summed E-state index contributed by atoms with van der Waals surface area (Å²) in [7, 11) is 0. The fraction of sp³-hybridized carbons (Fsp3) is 0.167. The van der Waals surface area contributed by atoms with E-state index in [4.69, 9.17) is 4.74 Å². The van der Waals surface area contributed by atoms with E-state index in [2.05, 4.69) is 17.4 Å². The Labute approximate surface area is 164 Å². The van der Waals surface area contributed by atoms with Crippen molar-refractivity contribution < 1.29 is 14.9 Å². The fourth-order valence-corrected chi connectivity index (χ4v) is 3.38. The molecule has 3 N–H and O–H groups in total. The minimum Gasteiger partial charge on any atom is -0.508 e. The number of hydrogen-bond acceptors (Lipinski definition) is 4.